The van der Waals surface area contributed by atoms with Crippen molar-refractivity contribution < 1.29 is 4.79 Å². The molecule has 1 fully saturated rings. The Labute approximate surface area is 200 Å². The Kier molecular flexibility index (Phi) is 5.10. The van der Waals surface area contributed by atoms with Gasteiger partial charge in [0, 0.05) is 36.7 Å². The summed E-state index contributed by atoms with van der Waals surface area (Å²) in [5, 5.41) is 15.1. The van der Waals surface area contributed by atoms with Gasteiger partial charge >= 0.3 is 6.03 Å². The van der Waals surface area contributed by atoms with Gasteiger partial charge in [0.05, 0.1) is 10.4 Å². The van der Waals surface area contributed by atoms with Crippen LogP contribution in [0.5, 0.6) is 0 Å². The zero-order valence-corrected chi connectivity index (χ0v) is 19.4. The number of carbonyl (C=O) groups excluding carboxylic acids is 1. The predicted octanol–water partition coefficient (Wildman–Crippen LogP) is 4.75. The second kappa shape index (κ2) is 8.42. The van der Waals surface area contributed by atoms with Crippen molar-refractivity contribution in [2.45, 2.75) is 13.0 Å². The van der Waals surface area contributed by atoms with Crippen molar-refractivity contribution in [3.8, 4) is 10.7 Å². The molecular formula is C25H23N7OS. The number of hydrogen-bond donors (Lipinski definition) is 1. The number of amides is 2. The predicted molar refractivity (Wildman–Crippen MR) is 135 cm³/mol. The Morgan fingerprint density at radius 1 is 1.00 bits per heavy atom. The molecule has 1 aliphatic rings. The zero-order chi connectivity index (χ0) is 23.1. The Bertz CT molecular complexity index is 1470. The van der Waals surface area contributed by atoms with Crippen LogP contribution >= 0.6 is 11.3 Å². The van der Waals surface area contributed by atoms with Crippen LogP contribution in [0.3, 0.4) is 0 Å². The molecule has 1 atom stereocenters. The Hall–Kier alpha value is -3.98. The number of nitrogens with zero attached hydrogens (tertiary/aromatic N) is 6. The summed E-state index contributed by atoms with van der Waals surface area (Å²) in [6.07, 6.45) is 0. The number of nitrogens with one attached hydrogen (secondary N) is 1. The Morgan fingerprint density at radius 2 is 1.82 bits per heavy atom. The molecule has 3 aromatic heterocycles. The maximum atomic E-state index is 12.9. The molecule has 0 aliphatic carbocycles. The average molecular weight is 470 g/mol. The minimum absolute atomic E-state index is 0.00227. The molecule has 0 radical (unpaired) electrons. The monoisotopic (exact) mass is 469 g/mol. The third-order valence-electron chi connectivity index (χ3n) is 6.17. The molecule has 1 saturated heterocycles. The first-order valence-corrected chi connectivity index (χ1v) is 12.1. The van der Waals surface area contributed by atoms with E-state index in [-0.39, 0.29) is 12.1 Å². The van der Waals surface area contributed by atoms with Crippen molar-refractivity contribution in [3.63, 3.8) is 0 Å². The number of benzene rings is 2. The van der Waals surface area contributed by atoms with Crippen LogP contribution in [-0.4, -0.2) is 56.2 Å². The summed E-state index contributed by atoms with van der Waals surface area (Å²) in [5.41, 5.74) is 2.47. The largest absolute Gasteiger partial charge is 0.338 e. The molecule has 34 heavy (non-hydrogen) atoms. The van der Waals surface area contributed by atoms with E-state index in [1.165, 1.54) is 0 Å². The third kappa shape index (κ3) is 3.54. The van der Waals surface area contributed by atoms with Gasteiger partial charge in [-0.2, -0.15) is 0 Å². The number of thiophene rings is 1. The highest BCUT2D eigenvalue weighted by Gasteiger charge is 2.30. The van der Waals surface area contributed by atoms with E-state index in [9.17, 15) is 4.79 Å². The third-order valence-corrected chi connectivity index (χ3v) is 7.03. The summed E-state index contributed by atoms with van der Waals surface area (Å²) in [7, 11) is 0. The summed E-state index contributed by atoms with van der Waals surface area (Å²) in [6, 6.07) is 21.6. The van der Waals surface area contributed by atoms with E-state index in [2.05, 4.69) is 37.8 Å². The minimum atomic E-state index is -0.0847. The van der Waals surface area contributed by atoms with Gasteiger partial charge in [-0.15, -0.1) is 21.5 Å². The quantitative estimate of drug-likeness (QED) is 0.413. The highest BCUT2D eigenvalue weighted by atomic mass is 32.1. The molecule has 0 unspecified atom stereocenters. The van der Waals surface area contributed by atoms with Gasteiger partial charge in [0.25, 0.3) is 0 Å². The number of para-hydroxylation sites is 2. The summed E-state index contributed by atoms with van der Waals surface area (Å²) in [5.74, 6) is 1.59. The van der Waals surface area contributed by atoms with Gasteiger partial charge in [-0.25, -0.2) is 14.2 Å². The van der Waals surface area contributed by atoms with Gasteiger partial charge in [-0.05, 0) is 42.6 Å². The van der Waals surface area contributed by atoms with E-state index in [1.807, 2.05) is 70.9 Å². The van der Waals surface area contributed by atoms with E-state index in [0.717, 1.165) is 38.9 Å². The van der Waals surface area contributed by atoms with Gasteiger partial charge in [-0.1, -0.05) is 36.4 Å². The zero-order valence-electron chi connectivity index (χ0n) is 18.6. The van der Waals surface area contributed by atoms with Crippen LogP contribution in [0.1, 0.15) is 6.92 Å². The molecule has 2 aromatic carbocycles. The number of rotatable bonds is 3. The lowest BCUT2D eigenvalue weighted by Gasteiger charge is -2.40. The lowest BCUT2D eigenvalue weighted by molar-refractivity contribution is 0.184. The molecule has 0 saturated carbocycles. The minimum Gasteiger partial charge on any atom is -0.338 e. The molecule has 2 amide bonds. The van der Waals surface area contributed by atoms with Crippen molar-refractivity contribution in [1.29, 1.82) is 0 Å². The Morgan fingerprint density at radius 3 is 2.62 bits per heavy atom. The normalized spacial score (nSPS) is 16.3. The van der Waals surface area contributed by atoms with Crippen LogP contribution in [0, 0.1) is 0 Å². The van der Waals surface area contributed by atoms with Gasteiger partial charge in [0.15, 0.2) is 11.5 Å². The van der Waals surface area contributed by atoms with E-state index in [4.69, 9.17) is 4.98 Å². The van der Waals surface area contributed by atoms with E-state index in [1.54, 1.807) is 11.3 Å². The molecule has 170 valence electrons. The molecule has 6 rings (SSSR count). The van der Waals surface area contributed by atoms with Crippen LogP contribution in [0.2, 0.25) is 0 Å². The molecule has 5 aromatic rings. The number of carbonyl (C=O) groups is 1. The summed E-state index contributed by atoms with van der Waals surface area (Å²) < 4.78 is 2.06. The van der Waals surface area contributed by atoms with Crippen molar-refractivity contribution >= 4 is 45.6 Å². The summed E-state index contributed by atoms with van der Waals surface area (Å²) in [4.78, 5) is 23.1. The van der Waals surface area contributed by atoms with Crippen LogP contribution in [0.4, 0.5) is 16.4 Å². The number of piperazine rings is 1. The van der Waals surface area contributed by atoms with Crippen molar-refractivity contribution in [1.82, 2.24) is 24.5 Å². The molecular weight excluding hydrogens is 446 g/mol. The fraction of sp³-hybridized carbons (Fsp3) is 0.200. The maximum Gasteiger partial charge on any atom is 0.322 e. The van der Waals surface area contributed by atoms with Crippen LogP contribution in [0.15, 0.2) is 72.1 Å². The summed E-state index contributed by atoms with van der Waals surface area (Å²) in [6.45, 7) is 3.98. The van der Waals surface area contributed by atoms with E-state index >= 15 is 0 Å². The van der Waals surface area contributed by atoms with Gasteiger partial charge in [0.1, 0.15) is 0 Å². The van der Waals surface area contributed by atoms with Gasteiger partial charge < -0.3 is 15.1 Å². The number of fused-ring (bicyclic) bond motifs is 3. The molecule has 1 N–H and O–H groups in total. The summed E-state index contributed by atoms with van der Waals surface area (Å²) >= 11 is 1.63. The molecule has 0 spiro atoms. The van der Waals surface area contributed by atoms with Gasteiger partial charge in [-0.3, -0.25) is 0 Å². The van der Waals surface area contributed by atoms with Crippen LogP contribution < -0.4 is 10.2 Å². The molecule has 4 heterocycles. The highest BCUT2D eigenvalue weighted by molar-refractivity contribution is 7.13. The molecule has 8 nitrogen and oxygen atoms in total. The maximum absolute atomic E-state index is 12.9. The lowest BCUT2D eigenvalue weighted by Crippen LogP contribution is -2.55. The Balaban J connectivity index is 1.35. The van der Waals surface area contributed by atoms with Crippen molar-refractivity contribution in [2.24, 2.45) is 0 Å². The highest BCUT2D eigenvalue weighted by Crippen LogP contribution is 2.31. The number of anilines is 2. The van der Waals surface area contributed by atoms with E-state index in [0.29, 0.717) is 19.6 Å². The molecule has 0 bridgehead atoms. The lowest BCUT2D eigenvalue weighted by atomic mass is 10.2. The number of aromatic nitrogens is 4. The van der Waals surface area contributed by atoms with Gasteiger partial charge in [0.2, 0.25) is 5.95 Å². The standard InChI is InChI=1S/C25H23N7OS/c1-17-16-30(13-14-31(17)25(33)26-18-8-3-2-4-9-18)24-27-20-11-6-5-10-19(20)22-28-29-23(32(22)24)21-12-7-15-34-21/h2-12,15,17H,13-14,16H2,1H3,(H,26,33)/t17-/m0/s1. The van der Waals surface area contributed by atoms with Crippen LogP contribution in [0.25, 0.3) is 27.3 Å². The topological polar surface area (TPSA) is 78.7 Å². The molecule has 9 heteroatoms. The molecule has 1 aliphatic heterocycles. The number of hydrogen-bond acceptors (Lipinski definition) is 6. The number of urea groups is 1. The van der Waals surface area contributed by atoms with Crippen LogP contribution in [-0.2, 0) is 0 Å². The second-order valence-electron chi connectivity index (χ2n) is 8.37. The van der Waals surface area contributed by atoms with E-state index < -0.39 is 0 Å². The smallest absolute Gasteiger partial charge is 0.322 e. The SMILES string of the molecule is C[C@H]1CN(c2nc3ccccc3c3nnc(-c4cccs4)n23)CCN1C(=O)Nc1ccccc1. The fourth-order valence-electron chi connectivity index (χ4n) is 4.50. The first-order valence-electron chi connectivity index (χ1n) is 11.2. The average Bonchev–Trinajstić information content (AvgIpc) is 3.54. The fourth-order valence-corrected chi connectivity index (χ4v) is 5.20. The second-order valence-corrected chi connectivity index (χ2v) is 9.32. The first kappa shape index (κ1) is 20.6. The van der Waals surface area contributed by atoms with Crippen molar-refractivity contribution in [3.05, 3.63) is 72.1 Å². The van der Waals surface area contributed by atoms with Crippen molar-refractivity contribution in [2.75, 3.05) is 29.9 Å². The first-order chi connectivity index (χ1) is 16.7.